The Labute approximate surface area is 154 Å². The fourth-order valence-electron chi connectivity index (χ4n) is 3.25. The summed E-state index contributed by atoms with van der Waals surface area (Å²) in [4.78, 5) is 25.2. The Kier molecular flexibility index (Phi) is 4.19. The third-order valence-corrected chi connectivity index (χ3v) is 4.51. The number of carbonyl (C=O) groups excluding carboxylic acids is 1. The number of hydrogen-bond acceptors (Lipinski definition) is 5. The number of esters is 1. The molecule has 7 nitrogen and oxygen atoms in total. The van der Waals surface area contributed by atoms with Crippen molar-refractivity contribution in [3.63, 3.8) is 0 Å². The molecule has 0 saturated heterocycles. The van der Waals surface area contributed by atoms with E-state index in [4.69, 9.17) is 4.74 Å². The molecule has 4 rings (SSSR count). The van der Waals surface area contributed by atoms with Crippen molar-refractivity contribution in [1.29, 1.82) is 0 Å². The van der Waals surface area contributed by atoms with E-state index in [2.05, 4.69) is 10.3 Å². The van der Waals surface area contributed by atoms with Crippen LogP contribution in [0.15, 0.2) is 53.5 Å². The van der Waals surface area contributed by atoms with Crippen molar-refractivity contribution in [3.8, 4) is 0 Å². The summed E-state index contributed by atoms with van der Waals surface area (Å²) in [5.74, 6) is -0.620. The van der Waals surface area contributed by atoms with Crippen LogP contribution in [0.2, 0.25) is 0 Å². The molecule has 2 aromatic carbocycles. The standard InChI is InChI=1S/C20H18N4O3/c1-3-27-20(26)15-12-24(11-13-7-5-4-6-8-13)18-14(19(15)25)9-10-16-17(18)21-22-23(16)2/h4-10,12H,3,11H2,1-2H3. The molecule has 0 aliphatic heterocycles. The summed E-state index contributed by atoms with van der Waals surface area (Å²) in [5.41, 5.74) is 2.79. The average Bonchev–Trinajstić information content (AvgIpc) is 3.06. The van der Waals surface area contributed by atoms with Crippen molar-refractivity contribution >= 4 is 27.9 Å². The van der Waals surface area contributed by atoms with E-state index in [9.17, 15) is 9.59 Å². The molecule has 0 atom stereocenters. The maximum Gasteiger partial charge on any atom is 0.343 e. The Morgan fingerprint density at radius 2 is 1.93 bits per heavy atom. The van der Waals surface area contributed by atoms with E-state index in [0.717, 1.165) is 11.1 Å². The molecule has 27 heavy (non-hydrogen) atoms. The fraction of sp³-hybridized carbons (Fsp3) is 0.200. The molecule has 0 bridgehead atoms. The maximum absolute atomic E-state index is 12.9. The highest BCUT2D eigenvalue weighted by Gasteiger charge is 2.19. The molecule has 0 saturated carbocycles. The van der Waals surface area contributed by atoms with Gasteiger partial charge in [-0.05, 0) is 24.6 Å². The molecule has 0 fully saturated rings. The molecule has 0 unspecified atom stereocenters. The minimum Gasteiger partial charge on any atom is -0.462 e. The lowest BCUT2D eigenvalue weighted by Crippen LogP contribution is -2.21. The number of hydrogen-bond donors (Lipinski definition) is 0. The molecule has 2 heterocycles. The molecule has 7 heteroatoms. The number of rotatable bonds is 4. The molecule has 0 spiro atoms. The number of carbonyl (C=O) groups is 1. The van der Waals surface area contributed by atoms with Gasteiger partial charge in [-0.2, -0.15) is 0 Å². The quantitative estimate of drug-likeness (QED) is 0.521. The van der Waals surface area contributed by atoms with Gasteiger partial charge in [0.2, 0.25) is 5.43 Å². The third kappa shape index (κ3) is 2.87. The maximum atomic E-state index is 12.9. The predicted octanol–water partition coefficient (Wildman–Crippen LogP) is 2.51. The molecule has 0 radical (unpaired) electrons. The topological polar surface area (TPSA) is 79.0 Å². The summed E-state index contributed by atoms with van der Waals surface area (Å²) < 4.78 is 8.60. The SMILES string of the molecule is CCOC(=O)c1cn(Cc2ccccc2)c2c(ccc3c2nnn3C)c1=O. The number of aryl methyl sites for hydroxylation is 1. The second-order valence-electron chi connectivity index (χ2n) is 6.25. The van der Waals surface area contributed by atoms with E-state index < -0.39 is 5.97 Å². The fourth-order valence-corrected chi connectivity index (χ4v) is 3.25. The normalized spacial score (nSPS) is 11.2. The summed E-state index contributed by atoms with van der Waals surface area (Å²) >= 11 is 0. The molecule has 0 aliphatic carbocycles. The first-order valence-electron chi connectivity index (χ1n) is 8.66. The Morgan fingerprint density at radius 1 is 1.15 bits per heavy atom. The zero-order valence-corrected chi connectivity index (χ0v) is 15.0. The van der Waals surface area contributed by atoms with E-state index in [1.807, 2.05) is 34.9 Å². The van der Waals surface area contributed by atoms with Crippen LogP contribution in [0.25, 0.3) is 21.9 Å². The third-order valence-electron chi connectivity index (χ3n) is 4.51. The van der Waals surface area contributed by atoms with Crippen LogP contribution in [0.1, 0.15) is 22.8 Å². The van der Waals surface area contributed by atoms with Crippen molar-refractivity contribution in [2.45, 2.75) is 13.5 Å². The van der Waals surface area contributed by atoms with Gasteiger partial charge in [-0.1, -0.05) is 35.5 Å². The molecular weight excluding hydrogens is 344 g/mol. The number of nitrogens with zero attached hydrogens (tertiary/aromatic N) is 4. The monoisotopic (exact) mass is 362 g/mol. The number of benzene rings is 2. The Morgan fingerprint density at radius 3 is 2.67 bits per heavy atom. The highest BCUT2D eigenvalue weighted by Crippen LogP contribution is 2.23. The average molecular weight is 362 g/mol. The van der Waals surface area contributed by atoms with Gasteiger partial charge < -0.3 is 9.30 Å². The van der Waals surface area contributed by atoms with E-state index >= 15 is 0 Å². The van der Waals surface area contributed by atoms with Crippen LogP contribution in [0.5, 0.6) is 0 Å². The van der Waals surface area contributed by atoms with Crippen LogP contribution in [0.3, 0.4) is 0 Å². The second-order valence-corrected chi connectivity index (χ2v) is 6.25. The minimum atomic E-state index is -0.620. The van der Waals surface area contributed by atoms with Gasteiger partial charge >= 0.3 is 5.97 Å². The van der Waals surface area contributed by atoms with Crippen LogP contribution in [-0.4, -0.2) is 32.1 Å². The summed E-state index contributed by atoms with van der Waals surface area (Å²) in [6.45, 7) is 2.41. The van der Waals surface area contributed by atoms with Gasteiger partial charge in [0.05, 0.1) is 17.6 Å². The van der Waals surface area contributed by atoms with Crippen LogP contribution >= 0.6 is 0 Å². The summed E-state index contributed by atoms with van der Waals surface area (Å²) in [7, 11) is 1.80. The first-order valence-corrected chi connectivity index (χ1v) is 8.66. The minimum absolute atomic E-state index is 0.0171. The Hall–Kier alpha value is -3.48. The van der Waals surface area contributed by atoms with Crippen molar-refractivity contribution < 1.29 is 9.53 Å². The number of ether oxygens (including phenoxy) is 1. The van der Waals surface area contributed by atoms with Crippen LogP contribution in [0, 0.1) is 0 Å². The van der Waals surface area contributed by atoms with E-state index in [1.54, 1.807) is 37.0 Å². The zero-order valence-electron chi connectivity index (χ0n) is 15.0. The summed E-state index contributed by atoms with van der Waals surface area (Å²) in [5, 5.41) is 8.73. The van der Waals surface area contributed by atoms with Gasteiger partial charge in [0.15, 0.2) is 0 Å². The molecule has 0 N–H and O–H groups in total. The van der Waals surface area contributed by atoms with Crippen molar-refractivity contribution in [2.75, 3.05) is 6.61 Å². The molecule has 0 aliphatic rings. The van der Waals surface area contributed by atoms with E-state index in [-0.39, 0.29) is 17.6 Å². The molecular formula is C20H18N4O3. The Balaban J connectivity index is 2.04. The van der Waals surface area contributed by atoms with Gasteiger partial charge in [-0.3, -0.25) is 4.79 Å². The van der Waals surface area contributed by atoms with E-state index in [0.29, 0.717) is 23.0 Å². The van der Waals surface area contributed by atoms with Gasteiger partial charge in [-0.25, -0.2) is 9.48 Å². The molecule has 136 valence electrons. The van der Waals surface area contributed by atoms with E-state index in [1.165, 1.54) is 0 Å². The number of aromatic nitrogens is 4. The summed E-state index contributed by atoms with van der Waals surface area (Å²) in [6.07, 6.45) is 1.56. The summed E-state index contributed by atoms with van der Waals surface area (Å²) in [6, 6.07) is 13.3. The second kappa shape index (κ2) is 6.68. The van der Waals surface area contributed by atoms with Crippen LogP contribution < -0.4 is 5.43 Å². The van der Waals surface area contributed by atoms with Gasteiger partial charge in [0.25, 0.3) is 0 Å². The zero-order chi connectivity index (χ0) is 19.0. The molecule has 2 aromatic heterocycles. The van der Waals surface area contributed by atoms with Crippen molar-refractivity contribution in [1.82, 2.24) is 19.6 Å². The lowest BCUT2D eigenvalue weighted by molar-refractivity contribution is 0.0524. The first kappa shape index (κ1) is 17.0. The van der Waals surface area contributed by atoms with Gasteiger partial charge in [0.1, 0.15) is 11.1 Å². The van der Waals surface area contributed by atoms with Crippen molar-refractivity contribution in [3.05, 3.63) is 70.0 Å². The van der Waals surface area contributed by atoms with Crippen molar-refractivity contribution in [2.24, 2.45) is 7.05 Å². The Bertz CT molecular complexity index is 1210. The smallest absolute Gasteiger partial charge is 0.343 e. The number of pyridine rings is 1. The predicted molar refractivity (Wildman–Crippen MR) is 102 cm³/mol. The first-order chi connectivity index (χ1) is 13.1. The lowest BCUT2D eigenvalue weighted by atomic mass is 10.1. The highest BCUT2D eigenvalue weighted by molar-refractivity contribution is 6.04. The van der Waals surface area contributed by atoms with Gasteiger partial charge in [-0.15, -0.1) is 5.10 Å². The van der Waals surface area contributed by atoms with Crippen LogP contribution in [0.4, 0.5) is 0 Å². The molecule has 4 aromatic rings. The molecule has 0 amide bonds. The highest BCUT2D eigenvalue weighted by atomic mass is 16.5. The lowest BCUT2D eigenvalue weighted by Gasteiger charge is -2.14. The number of fused-ring (bicyclic) bond motifs is 3. The largest absolute Gasteiger partial charge is 0.462 e. The van der Waals surface area contributed by atoms with Gasteiger partial charge in [0, 0.05) is 25.2 Å². The van der Waals surface area contributed by atoms with Crippen LogP contribution in [-0.2, 0) is 18.3 Å².